The summed E-state index contributed by atoms with van der Waals surface area (Å²) in [7, 11) is 1.60. The number of benzene rings is 1. The Morgan fingerprint density at radius 3 is 2.17 bits per heavy atom. The average molecular weight is 345 g/mol. The Balaban J connectivity index is 2.58. The maximum atomic E-state index is 12.5. The Kier molecular flexibility index (Phi) is 6.36. The van der Waals surface area contributed by atoms with Gasteiger partial charge in [-0.25, -0.2) is 0 Å². The Morgan fingerprint density at radius 1 is 1.17 bits per heavy atom. The highest BCUT2D eigenvalue weighted by Crippen LogP contribution is 2.29. The minimum Gasteiger partial charge on any atom is -0.344 e. The molecule has 5 nitrogen and oxygen atoms in total. The van der Waals surface area contributed by atoms with Crippen LogP contribution >= 0.6 is 0 Å². The van der Waals surface area contributed by atoms with Gasteiger partial charge >= 0.3 is 6.18 Å². The first-order valence-electron chi connectivity index (χ1n) is 7.36. The van der Waals surface area contributed by atoms with Gasteiger partial charge in [-0.3, -0.25) is 9.59 Å². The predicted octanol–water partition coefficient (Wildman–Crippen LogP) is 1.88. The normalized spacial score (nSPS) is 12.0. The van der Waals surface area contributed by atoms with Crippen molar-refractivity contribution in [3.63, 3.8) is 0 Å². The molecule has 0 aliphatic rings. The molecule has 1 aromatic rings. The Hall–Kier alpha value is -2.09. The Labute approximate surface area is 139 Å². The zero-order chi connectivity index (χ0) is 18.5. The SMILES string of the molecule is CN(CC(C)(C)CN)C(=O)CNC(=O)c1ccc(C(F)(F)F)cc1. The van der Waals surface area contributed by atoms with E-state index in [1.807, 2.05) is 13.8 Å². The fraction of sp³-hybridized carbons (Fsp3) is 0.500. The van der Waals surface area contributed by atoms with Crippen LogP contribution < -0.4 is 11.1 Å². The van der Waals surface area contributed by atoms with Gasteiger partial charge < -0.3 is 16.0 Å². The maximum Gasteiger partial charge on any atom is 0.416 e. The predicted molar refractivity (Wildman–Crippen MR) is 84.2 cm³/mol. The van der Waals surface area contributed by atoms with Crippen molar-refractivity contribution >= 4 is 11.8 Å². The summed E-state index contributed by atoms with van der Waals surface area (Å²) in [6.45, 7) is 4.42. The molecule has 1 aromatic carbocycles. The van der Waals surface area contributed by atoms with E-state index in [1.54, 1.807) is 7.05 Å². The van der Waals surface area contributed by atoms with Gasteiger partial charge in [-0.15, -0.1) is 0 Å². The van der Waals surface area contributed by atoms with Gasteiger partial charge in [-0.05, 0) is 36.2 Å². The lowest BCUT2D eigenvalue weighted by atomic mass is 9.93. The van der Waals surface area contributed by atoms with Crippen LogP contribution in [0, 0.1) is 5.41 Å². The van der Waals surface area contributed by atoms with Gasteiger partial charge in [0, 0.05) is 19.2 Å². The van der Waals surface area contributed by atoms with Gasteiger partial charge in [0.25, 0.3) is 5.91 Å². The monoisotopic (exact) mass is 345 g/mol. The first-order valence-corrected chi connectivity index (χ1v) is 7.36. The van der Waals surface area contributed by atoms with Gasteiger partial charge in [0.05, 0.1) is 12.1 Å². The highest BCUT2D eigenvalue weighted by atomic mass is 19.4. The number of carbonyl (C=O) groups excluding carboxylic acids is 2. The number of amides is 2. The Morgan fingerprint density at radius 2 is 1.71 bits per heavy atom. The number of rotatable bonds is 6. The van der Waals surface area contributed by atoms with Crippen LogP contribution in [0.25, 0.3) is 0 Å². The van der Waals surface area contributed by atoms with Crippen molar-refractivity contribution in [3.8, 4) is 0 Å². The van der Waals surface area contributed by atoms with Crippen molar-refractivity contribution in [1.29, 1.82) is 0 Å². The second kappa shape index (κ2) is 7.65. The van der Waals surface area contributed by atoms with Crippen LogP contribution in [-0.2, 0) is 11.0 Å². The maximum absolute atomic E-state index is 12.5. The van der Waals surface area contributed by atoms with Crippen LogP contribution in [0.3, 0.4) is 0 Å². The highest BCUT2D eigenvalue weighted by Gasteiger charge is 2.30. The number of halogens is 3. The summed E-state index contributed by atoms with van der Waals surface area (Å²) in [6, 6.07) is 3.80. The lowest BCUT2D eigenvalue weighted by Crippen LogP contribution is -2.44. The van der Waals surface area contributed by atoms with E-state index in [1.165, 1.54) is 4.90 Å². The molecule has 0 saturated heterocycles. The highest BCUT2D eigenvalue weighted by molar-refractivity contribution is 5.96. The summed E-state index contributed by atoms with van der Waals surface area (Å²) >= 11 is 0. The van der Waals surface area contributed by atoms with Gasteiger partial charge in [0.1, 0.15) is 0 Å². The van der Waals surface area contributed by atoms with Crippen LogP contribution in [0.4, 0.5) is 13.2 Å². The molecule has 0 atom stereocenters. The van der Waals surface area contributed by atoms with E-state index in [0.717, 1.165) is 24.3 Å². The number of nitrogens with zero attached hydrogens (tertiary/aromatic N) is 1. The van der Waals surface area contributed by atoms with Gasteiger partial charge in [0.2, 0.25) is 5.91 Å². The zero-order valence-corrected chi connectivity index (χ0v) is 13.9. The first-order chi connectivity index (χ1) is 11.0. The molecular weight excluding hydrogens is 323 g/mol. The molecule has 2 amide bonds. The van der Waals surface area contributed by atoms with E-state index < -0.39 is 17.6 Å². The van der Waals surface area contributed by atoms with E-state index in [4.69, 9.17) is 5.73 Å². The first kappa shape index (κ1) is 20.0. The molecule has 0 radical (unpaired) electrons. The molecule has 0 unspecified atom stereocenters. The molecule has 0 aliphatic heterocycles. The van der Waals surface area contributed by atoms with Crippen molar-refractivity contribution in [2.75, 3.05) is 26.7 Å². The molecule has 24 heavy (non-hydrogen) atoms. The fourth-order valence-electron chi connectivity index (χ4n) is 2.00. The molecule has 0 saturated carbocycles. The van der Waals surface area contributed by atoms with E-state index in [-0.39, 0.29) is 23.4 Å². The molecular formula is C16H22F3N3O2. The third kappa shape index (κ3) is 5.84. The summed E-state index contributed by atoms with van der Waals surface area (Å²) in [6.07, 6.45) is -4.45. The lowest BCUT2D eigenvalue weighted by Gasteiger charge is -2.29. The van der Waals surface area contributed by atoms with Crippen LogP contribution in [-0.4, -0.2) is 43.4 Å². The summed E-state index contributed by atoms with van der Waals surface area (Å²) in [5, 5.41) is 2.40. The number of nitrogens with one attached hydrogen (secondary N) is 1. The molecule has 0 fully saturated rings. The number of nitrogens with two attached hydrogens (primary N) is 1. The van der Waals surface area contributed by atoms with Gasteiger partial charge in [-0.1, -0.05) is 13.8 Å². The van der Waals surface area contributed by atoms with E-state index in [9.17, 15) is 22.8 Å². The van der Waals surface area contributed by atoms with Crippen LogP contribution in [0.1, 0.15) is 29.8 Å². The Bertz CT molecular complexity index is 583. The average Bonchev–Trinajstić information content (AvgIpc) is 2.51. The molecule has 0 aliphatic carbocycles. The number of hydrogen-bond acceptors (Lipinski definition) is 3. The largest absolute Gasteiger partial charge is 0.416 e. The van der Waals surface area contributed by atoms with Crippen molar-refractivity contribution in [3.05, 3.63) is 35.4 Å². The van der Waals surface area contributed by atoms with Gasteiger partial charge in [0.15, 0.2) is 0 Å². The number of hydrogen-bond donors (Lipinski definition) is 2. The molecule has 8 heteroatoms. The van der Waals surface area contributed by atoms with Gasteiger partial charge in [-0.2, -0.15) is 13.2 Å². The second-order valence-electron chi connectivity index (χ2n) is 6.38. The van der Waals surface area contributed by atoms with Crippen LogP contribution in [0.15, 0.2) is 24.3 Å². The lowest BCUT2D eigenvalue weighted by molar-refractivity contribution is -0.137. The summed E-state index contributed by atoms with van der Waals surface area (Å²) in [5.74, 6) is -0.916. The molecule has 0 heterocycles. The minimum atomic E-state index is -4.45. The van der Waals surface area contributed by atoms with Crippen LogP contribution in [0.5, 0.6) is 0 Å². The molecule has 3 N–H and O–H groups in total. The topological polar surface area (TPSA) is 75.4 Å². The summed E-state index contributed by atoms with van der Waals surface area (Å²) in [5.41, 5.74) is 4.58. The molecule has 1 rings (SSSR count). The van der Waals surface area contributed by atoms with Crippen molar-refractivity contribution in [2.45, 2.75) is 20.0 Å². The zero-order valence-electron chi connectivity index (χ0n) is 13.9. The summed E-state index contributed by atoms with van der Waals surface area (Å²) in [4.78, 5) is 25.3. The quantitative estimate of drug-likeness (QED) is 0.827. The third-order valence-electron chi connectivity index (χ3n) is 3.52. The van der Waals surface area contributed by atoms with Crippen molar-refractivity contribution in [1.82, 2.24) is 10.2 Å². The van der Waals surface area contributed by atoms with E-state index >= 15 is 0 Å². The summed E-state index contributed by atoms with van der Waals surface area (Å²) < 4.78 is 37.4. The molecule has 0 bridgehead atoms. The standard InChI is InChI=1S/C16H22F3N3O2/c1-15(2,9-20)10-22(3)13(23)8-21-14(24)11-4-6-12(7-5-11)16(17,18)19/h4-7H,8-10,20H2,1-3H3,(H,21,24). The molecule has 0 spiro atoms. The third-order valence-corrected chi connectivity index (χ3v) is 3.52. The second-order valence-corrected chi connectivity index (χ2v) is 6.38. The number of alkyl halides is 3. The van der Waals surface area contributed by atoms with E-state index in [2.05, 4.69) is 5.32 Å². The number of carbonyl (C=O) groups is 2. The fourth-order valence-corrected chi connectivity index (χ4v) is 2.00. The minimum absolute atomic E-state index is 0.0562. The molecule has 0 aromatic heterocycles. The van der Waals surface area contributed by atoms with E-state index in [0.29, 0.717) is 13.1 Å². The van der Waals surface area contributed by atoms with Crippen molar-refractivity contribution < 1.29 is 22.8 Å². The van der Waals surface area contributed by atoms with Crippen molar-refractivity contribution in [2.24, 2.45) is 11.1 Å². The van der Waals surface area contributed by atoms with Crippen LogP contribution in [0.2, 0.25) is 0 Å². The molecule has 134 valence electrons. The smallest absolute Gasteiger partial charge is 0.344 e. The number of likely N-dealkylation sites (N-methyl/N-ethyl adjacent to an activating group) is 1.